The quantitative estimate of drug-likeness (QED) is 0.916. The van der Waals surface area contributed by atoms with Crippen molar-refractivity contribution in [2.75, 3.05) is 11.4 Å². The van der Waals surface area contributed by atoms with Gasteiger partial charge < -0.3 is 4.90 Å². The molecule has 0 radical (unpaired) electrons. The van der Waals surface area contributed by atoms with Crippen molar-refractivity contribution in [3.8, 4) is 0 Å². The van der Waals surface area contributed by atoms with Gasteiger partial charge in [0.15, 0.2) is 0 Å². The van der Waals surface area contributed by atoms with Gasteiger partial charge in [0.05, 0.1) is 4.90 Å². The van der Waals surface area contributed by atoms with E-state index in [4.69, 9.17) is 0 Å². The zero-order chi connectivity index (χ0) is 14.3. The molecular formula is C14H18N2O3S. The summed E-state index contributed by atoms with van der Waals surface area (Å²) in [5, 5.41) is 0. The van der Waals surface area contributed by atoms with E-state index in [2.05, 4.69) is 4.72 Å². The minimum atomic E-state index is -3.49. The molecule has 1 saturated heterocycles. The zero-order valence-electron chi connectivity index (χ0n) is 11.4. The molecule has 1 aromatic carbocycles. The summed E-state index contributed by atoms with van der Waals surface area (Å²) in [4.78, 5) is 13.7. The van der Waals surface area contributed by atoms with Crippen molar-refractivity contribution in [3.05, 3.63) is 23.8 Å². The van der Waals surface area contributed by atoms with Crippen LogP contribution in [0, 0.1) is 6.92 Å². The minimum Gasteiger partial charge on any atom is -0.312 e. The van der Waals surface area contributed by atoms with Crippen LogP contribution >= 0.6 is 0 Å². The molecule has 0 unspecified atom stereocenters. The first-order valence-electron chi connectivity index (χ1n) is 6.91. The number of benzene rings is 1. The number of aryl methyl sites for hydroxylation is 1. The summed E-state index contributed by atoms with van der Waals surface area (Å²) < 4.78 is 27.4. The Morgan fingerprint density at radius 3 is 2.65 bits per heavy atom. The van der Waals surface area contributed by atoms with Gasteiger partial charge in [0.1, 0.15) is 0 Å². The first-order chi connectivity index (χ1) is 9.47. The Balaban J connectivity index is 1.95. The third kappa shape index (κ3) is 2.58. The third-order valence-electron chi connectivity index (χ3n) is 3.75. The predicted molar refractivity (Wildman–Crippen MR) is 76.1 cm³/mol. The summed E-state index contributed by atoms with van der Waals surface area (Å²) >= 11 is 0. The normalized spacial score (nSPS) is 19.6. The number of hydrogen-bond donors (Lipinski definition) is 1. The van der Waals surface area contributed by atoms with Crippen LogP contribution in [0.2, 0.25) is 0 Å². The van der Waals surface area contributed by atoms with Crippen LogP contribution in [-0.2, 0) is 14.8 Å². The van der Waals surface area contributed by atoms with E-state index in [-0.39, 0.29) is 16.8 Å². The zero-order valence-corrected chi connectivity index (χ0v) is 12.2. The van der Waals surface area contributed by atoms with Gasteiger partial charge in [-0.2, -0.15) is 0 Å². The number of carbonyl (C=O) groups excluding carboxylic acids is 1. The highest BCUT2D eigenvalue weighted by molar-refractivity contribution is 7.89. The van der Waals surface area contributed by atoms with Gasteiger partial charge in [0.2, 0.25) is 15.9 Å². The molecule has 3 rings (SSSR count). The molecule has 1 aliphatic heterocycles. The molecule has 108 valence electrons. The fourth-order valence-corrected chi connectivity index (χ4v) is 4.02. The summed E-state index contributed by atoms with van der Waals surface area (Å²) in [5.74, 6) is 0.0624. The lowest BCUT2D eigenvalue weighted by Crippen LogP contribution is -2.28. The molecule has 6 heteroatoms. The van der Waals surface area contributed by atoms with Crippen molar-refractivity contribution in [2.45, 2.75) is 43.5 Å². The van der Waals surface area contributed by atoms with Gasteiger partial charge in [-0.25, -0.2) is 13.1 Å². The van der Waals surface area contributed by atoms with Crippen LogP contribution in [0.5, 0.6) is 0 Å². The van der Waals surface area contributed by atoms with Crippen LogP contribution in [-0.4, -0.2) is 26.9 Å². The fourth-order valence-electron chi connectivity index (χ4n) is 2.45. The second-order valence-corrected chi connectivity index (χ2v) is 7.18. The number of sulfonamides is 1. The van der Waals surface area contributed by atoms with Crippen molar-refractivity contribution in [1.29, 1.82) is 0 Å². The smallest absolute Gasteiger partial charge is 0.241 e. The first kappa shape index (κ1) is 13.6. The average Bonchev–Trinajstić information content (AvgIpc) is 3.08. The number of amides is 1. The Morgan fingerprint density at radius 1 is 1.30 bits per heavy atom. The molecule has 1 saturated carbocycles. The summed E-state index contributed by atoms with van der Waals surface area (Å²) in [6, 6.07) is 5.27. The molecule has 20 heavy (non-hydrogen) atoms. The van der Waals surface area contributed by atoms with E-state index in [1.54, 1.807) is 24.0 Å². The van der Waals surface area contributed by atoms with Gasteiger partial charge in [-0.3, -0.25) is 4.79 Å². The molecule has 1 aliphatic carbocycles. The van der Waals surface area contributed by atoms with Crippen molar-refractivity contribution in [2.24, 2.45) is 0 Å². The number of carbonyl (C=O) groups is 1. The third-order valence-corrected chi connectivity index (χ3v) is 5.41. The molecule has 0 atom stereocenters. The summed E-state index contributed by atoms with van der Waals surface area (Å²) in [6.45, 7) is 2.44. The van der Waals surface area contributed by atoms with E-state index in [0.29, 0.717) is 24.2 Å². The van der Waals surface area contributed by atoms with Crippen molar-refractivity contribution in [3.63, 3.8) is 0 Å². The minimum absolute atomic E-state index is 0.0624. The molecule has 0 spiro atoms. The average molecular weight is 294 g/mol. The molecule has 0 aromatic heterocycles. The number of nitrogens with zero attached hydrogens (tertiary/aromatic N) is 1. The maximum absolute atomic E-state index is 12.3. The largest absolute Gasteiger partial charge is 0.312 e. The molecule has 2 aliphatic rings. The number of hydrogen-bond acceptors (Lipinski definition) is 3. The highest BCUT2D eigenvalue weighted by atomic mass is 32.2. The Bertz CT molecular complexity index is 650. The van der Waals surface area contributed by atoms with Crippen LogP contribution in [0.15, 0.2) is 23.1 Å². The van der Waals surface area contributed by atoms with Gasteiger partial charge in [0.25, 0.3) is 0 Å². The molecule has 1 heterocycles. The predicted octanol–water partition coefficient (Wildman–Crippen LogP) is 1.56. The van der Waals surface area contributed by atoms with Crippen molar-refractivity contribution < 1.29 is 13.2 Å². The van der Waals surface area contributed by atoms with Gasteiger partial charge >= 0.3 is 0 Å². The highest BCUT2D eigenvalue weighted by Crippen LogP contribution is 2.28. The molecule has 1 aromatic rings. The Morgan fingerprint density at radius 2 is 2.05 bits per heavy atom. The summed E-state index contributed by atoms with van der Waals surface area (Å²) in [6.07, 6.45) is 3.18. The van der Waals surface area contributed by atoms with Crippen LogP contribution in [0.25, 0.3) is 0 Å². The summed E-state index contributed by atoms with van der Waals surface area (Å²) in [5.41, 5.74) is 1.38. The van der Waals surface area contributed by atoms with Gasteiger partial charge in [-0.05, 0) is 43.9 Å². The van der Waals surface area contributed by atoms with E-state index < -0.39 is 10.0 Å². The van der Waals surface area contributed by atoms with Crippen molar-refractivity contribution >= 4 is 21.6 Å². The first-order valence-corrected chi connectivity index (χ1v) is 8.39. The Hall–Kier alpha value is -1.40. The van der Waals surface area contributed by atoms with E-state index in [1.807, 2.05) is 6.07 Å². The lowest BCUT2D eigenvalue weighted by atomic mass is 10.2. The van der Waals surface area contributed by atoms with E-state index in [0.717, 1.165) is 19.3 Å². The van der Waals surface area contributed by atoms with E-state index in [1.165, 1.54) is 0 Å². The highest BCUT2D eigenvalue weighted by Gasteiger charge is 2.30. The van der Waals surface area contributed by atoms with Crippen LogP contribution in [0.3, 0.4) is 0 Å². The van der Waals surface area contributed by atoms with Gasteiger partial charge in [-0.1, -0.05) is 6.07 Å². The molecule has 2 fully saturated rings. The lowest BCUT2D eigenvalue weighted by Gasteiger charge is -2.18. The monoisotopic (exact) mass is 294 g/mol. The lowest BCUT2D eigenvalue weighted by molar-refractivity contribution is -0.117. The van der Waals surface area contributed by atoms with E-state index >= 15 is 0 Å². The van der Waals surface area contributed by atoms with Gasteiger partial charge in [0, 0.05) is 24.7 Å². The van der Waals surface area contributed by atoms with Crippen LogP contribution in [0.4, 0.5) is 5.69 Å². The van der Waals surface area contributed by atoms with Crippen LogP contribution < -0.4 is 9.62 Å². The topological polar surface area (TPSA) is 66.5 Å². The molecule has 1 amide bonds. The number of nitrogens with one attached hydrogen (secondary N) is 1. The second-order valence-electron chi connectivity index (χ2n) is 5.49. The molecule has 5 nitrogen and oxygen atoms in total. The standard InChI is InChI=1S/C14H18N2O3S/c1-10-4-7-12(16-8-2-3-14(16)17)9-13(10)20(18,19)15-11-5-6-11/h4,7,9,11,15H,2-3,5-6,8H2,1H3. The second kappa shape index (κ2) is 4.86. The Kier molecular flexibility index (Phi) is 3.30. The number of rotatable bonds is 4. The molecule has 1 N–H and O–H groups in total. The van der Waals surface area contributed by atoms with E-state index in [9.17, 15) is 13.2 Å². The van der Waals surface area contributed by atoms with Crippen molar-refractivity contribution in [1.82, 2.24) is 4.72 Å². The maximum atomic E-state index is 12.3. The number of anilines is 1. The Labute approximate surface area is 119 Å². The molecular weight excluding hydrogens is 276 g/mol. The maximum Gasteiger partial charge on any atom is 0.241 e. The fraction of sp³-hybridized carbons (Fsp3) is 0.500. The van der Waals surface area contributed by atoms with Crippen LogP contribution in [0.1, 0.15) is 31.2 Å². The SMILES string of the molecule is Cc1ccc(N2CCCC2=O)cc1S(=O)(=O)NC1CC1. The summed E-state index contributed by atoms with van der Waals surface area (Å²) in [7, 11) is -3.49. The van der Waals surface area contributed by atoms with Gasteiger partial charge in [-0.15, -0.1) is 0 Å². The molecule has 0 bridgehead atoms.